The Bertz CT molecular complexity index is 1260. The number of pyridine rings is 1. The molecule has 0 bridgehead atoms. The number of nitriles is 1. The summed E-state index contributed by atoms with van der Waals surface area (Å²) in [6.45, 7) is 0.611. The van der Waals surface area contributed by atoms with Gasteiger partial charge in [0.2, 0.25) is 5.69 Å². The summed E-state index contributed by atoms with van der Waals surface area (Å²) < 4.78 is 21.0. The van der Waals surface area contributed by atoms with Crippen molar-refractivity contribution in [1.29, 1.82) is 5.26 Å². The Morgan fingerprint density at radius 1 is 1.38 bits per heavy atom. The lowest BCUT2D eigenvalue weighted by molar-refractivity contribution is 0.393. The number of fused-ring (bicyclic) bond motifs is 2. The number of H-pyrrole nitrogens is 1. The molecule has 0 aromatic carbocycles. The van der Waals surface area contributed by atoms with Crippen molar-refractivity contribution in [2.45, 2.75) is 12.5 Å². The van der Waals surface area contributed by atoms with Crippen molar-refractivity contribution in [1.82, 2.24) is 29.5 Å². The molecule has 0 unspecified atom stereocenters. The van der Waals surface area contributed by atoms with Crippen LogP contribution < -0.4 is 9.64 Å². The van der Waals surface area contributed by atoms with Gasteiger partial charge in [0.15, 0.2) is 5.82 Å². The summed E-state index contributed by atoms with van der Waals surface area (Å²) in [5, 5.41) is 13.8. The van der Waals surface area contributed by atoms with Gasteiger partial charge in [0.05, 0.1) is 31.0 Å². The third kappa shape index (κ3) is 2.67. The zero-order chi connectivity index (χ0) is 20.0. The van der Waals surface area contributed by atoms with Gasteiger partial charge in [0.1, 0.15) is 23.4 Å². The molecule has 5 rings (SSSR count). The highest BCUT2D eigenvalue weighted by atomic mass is 19.1. The molecule has 4 aromatic heterocycles. The van der Waals surface area contributed by atoms with Crippen molar-refractivity contribution in [2.75, 3.05) is 18.6 Å². The molecule has 0 saturated heterocycles. The molecule has 1 N–H and O–H groups in total. The third-order valence-electron chi connectivity index (χ3n) is 5.00. The minimum absolute atomic E-state index is 0.111. The number of anilines is 1. The van der Waals surface area contributed by atoms with Crippen molar-refractivity contribution in [2.24, 2.45) is 0 Å². The second kappa shape index (κ2) is 6.56. The molecule has 0 spiro atoms. The van der Waals surface area contributed by atoms with Crippen LogP contribution in [0.1, 0.15) is 28.8 Å². The van der Waals surface area contributed by atoms with E-state index in [1.54, 1.807) is 24.7 Å². The number of nitrogens with one attached hydrogen (secondary N) is 1. The summed E-state index contributed by atoms with van der Waals surface area (Å²) in [5.74, 6) is 0.324. The zero-order valence-corrected chi connectivity index (χ0v) is 15.4. The van der Waals surface area contributed by atoms with Gasteiger partial charge < -0.3 is 14.6 Å². The highest BCUT2D eigenvalue weighted by Gasteiger charge is 2.34. The molecule has 0 saturated carbocycles. The number of nitrogens with zero attached hydrogens (tertiary/aromatic N) is 7. The normalized spacial score (nSPS) is 15.9. The topological polar surface area (TPSA) is 108 Å². The number of ether oxygens (including phenoxy) is 1. The van der Waals surface area contributed by atoms with E-state index in [0.29, 0.717) is 23.6 Å². The van der Waals surface area contributed by atoms with Crippen LogP contribution in [0.25, 0.3) is 5.52 Å². The molecule has 1 aliphatic rings. The molecule has 0 radical (unpaired) electrons. The molecule has 9 nitrogen and oxygen atoms in total. The maximum atomic E-state index is 14.2. The average molecular weight is 390 g/mol. The van der Waals surface area contributed by atoms with Gasteiger partial charge in [-0.1, -0.05) is 0 Å². The Labute approximate surface area is 164 Å². The first-order valence-electron chi connectivity index (χ1n) is 8.93. The number of halogens is 1. The highest BCUT2D eigenvalue weighted by Crippen LogP contribution is 2.36. The lowest BCUT2D eigenvalue weighted by Gasteiger charge is -2.34. The lowest BCUT2D eigenvalue weighted by Crippen LogP contribution is -2.37. The van der Waals surface area contributed by atoms with Crippen LogP contribution in [0.4, 0.5) is 10.2 Å². The fourth-order valence-corrected chi connectivity index (χ4v) is 3.68. The molecular formula is C19H15FN8O. The predicted molar refractivity (Wildman–Crippen MR) is 99.9 cm³/mol. The summed E-state index contributed by atoms with van der Waals surface area (Å²) in [5.41, 5.74) is 2.92. The van der Waals surface area contributed by atoms with Crippen LogP contribution in [-0.2, 0) is 6.42 Å². The molecule has 144 valence electrons. The Hall–Kier alpha value is -4.00. The quantitative estimate of drug-likeness (QED) is 0.570. The van der Waals surface area contributed by atoms with E-state index in [1.807, 2.05) is 11.0 Å². The second-order valence-electron chi connectivity index (χ2n) is 6.57. The second-order valence-corrected chi connectivity index (χ2v) is 6.57. The maximum Gasteiger partial charge on any atom is 0.252 e. The van der Waals surface area contributed by atoms with Crippen LogP contribution in [0.5, 0.6) is 5.88 Å². The van der Waals surface area contributed by atoms with E-state index in [9.17, 15) is 9.65 Å². The smallest absolute Gasteiger partial charge is 0.252 e. The fraction of sp³-hybridized carbons (Fsp3) is 0.211. The van der Waals surface area contributed by atoms with Crippen LogP contribution in [0.3, 0.4) is 0 Å². The Balaban J connectivity index is 1.67. The monoisotopic (exact) mass is 390 g/mol. The minimum Gasteiger partial charge on any atom is -0.479 e. The summed E-state index contributed by atoms with van der Waals surface area (Å²) >= 11 is 0. The molecule has 0 fully saturated rings. The van der Waals surface area contributed by atoms with Crippen molar-refractivity contribution in [3.8, 4) is 11.9 Å². The fourth-order valence-electron chi connectivity index (χ4n) is 3.68. The highest BCUT2D eigenvalue weighted by molar-refractivity contribution is 5.55. The van der Waals surface area contributed by atoms with E-state index < -0.39 is 6.04 Å². The largest absolute Gasteiger partial charge is 0.479 e. The van der Waals surface area contributed by atoms with Gasteiger partial charge in [0.25, 0.3) is 5.88 Å². The van der Waals surface area contributed by atoms with Crippen molar-refractivity contribution in [3.05, 3.63) is 65.5 Å². The number of imidazole rings is 1. The first-order valence-corrected chi connectivity index (χ1v) is 8.93. The first kappa shape index (κ1) is 17.1. The van der Waals surface area contributed by atoms with E-state index >= 15 is 0 Å². The third-order valence-corrected chi connectivity index (χ3v) is 5.00. The summed E-state index contributed by atoms with van der Waals surface area (Å²) in [6.07, 6.45) is 5.59. The molecule has 1 aliphatic heterocycles. The van der Waals surface area contributed by atoms with Crippen molar-refractivity contribution in [3.63, 3.8) is 0 Å². The average Bonchev–Trinajstić information content (AvgIpc) is 3.40. The molecule has 4 aromatic rings. The van der Waals surface area contributed by atoms with Crippen LogP contribution in [-0.4, -0.2) is 43.2 Å². The minimum atomic E-state index is -0.392. The number of rotatable bonds is 3. The first-order chi connectivity index (χ1) is 14.2. The molecule has 29 heavy (non-hydrogen) atoms. The summed E-state index contributed by atoms with van der Waals surface area (Å²) in [7, 11) is 1.44. The summed E-state index contributed by atoms with van der Waals surface area (Å²) in [4.78, 5) is 18.3. The van der Waals surface area contributed by atoms with Crippen molar-refractivity contribution >= 4 is 11.3 Å². The van der Waals surface area contributed by atoms with Gasteiger partial charge >= 0.3 is 0 Å². The number of hydrogen-bond acceptors (Lipinski definition) is 7. The number of aromatic amines is 1. The van der Waals surface area contributed by atoms with Gasteiger partial charge in [0, 0.05) is 24.9 Å². The molecule has 0 amide bonds. The molecular weight excluding hydrogens is 375 g/mol. The summed E-state index contributed by atoms with van der Waals surface area (Å²) in [6, 6.07) is 6.29. The van der Waals surface area contributed by atoms with Crippen molar-refractivity contribution < 1.29 is 9.13 Å². The Morgan fingerprint density at radius 3 is 3.07 bits per heavy atom. The standard InChI is InChI=1S/C19H15FN8O/c1-29-19-14(8-21)22-9-16(25-19)27-6-4-12-17(24-10-23-12)18(27)13-7-15-11(20)3-2-5-28(15)26-13/h2-3,5,7,9-10,18H,4,6H2,1H3,(H,23,24)/t18-/m1/s1. The van der Waals surface area contributed by atoms with E-state index in [0.717, 1.165) is 17.8 Å². The molecule has 5 heterocycles. The van der Waals surface area contributed by atoms with Gasteiger partial charge in [-0.15, -0.1) is 0 Å². The van der Waals surface area contributed by atoms with E-state index in [2.05, 4.69) is 25.0 Å². The molecule has 10 heteroatoms. The van der Waals surface area contributed by atoms with E-state index in [4.69, 9.17) is 4.74 Å². The maximum absolute atomic E-state index is 14.2. The van der Waals surface area contributed by atoms with Crippen LogP contribution >= 0.6 is 0 Å². The van der Waals surface area contributed by atoms with Gasteiger partial charge in [-0.25, -0.2) is 18.9 Å². The number of methoxy groups -OCH3 is 1. The Kier molecular flexibility index (Phi) is 3.87. The number of aromatic nitrogens is 6. The van der Waals surface area contributed by atoms with E-state index in [-0.39, 0.29) is 17.4 Å². The van der Waals surface area contributed by atoms with Crippen LogP contribution in [0, 0.1) is 17.1 Å². The molecule has 0 aliphatic carbocycles. The van der Waals surface area contributed by atoms with Gasteiger partial charge in [-0.3, -0.25) is 0 Å². The lowest BCUT2D eigenvalue weighted by atomic mass is 10.00. The zero-order valence-electron chi connectivity index (χ0n) is 15.4. The van der Waals surface area contributed by atoms with E-state index in [1.165, 1.54) is 23.9 Å². The van der Waals surface area contributed by atoms with Crippen LogP contribution in [0.2, 0.25) is 0 Å². The Morgan fingerprint density at radius 2 is 2.28 bits per heavy atom. The predicted octanol–water partition coefficient (Wildman–Crippen LogP) is 2.02. The molecule has 1 atom stereocenters. The SMILES string of the molecule is COc1nc(N2CCc3[nH]cnc3[C@H]2c2cc3c(F)cccn3n2)cnc1C#N. The number of hydrogen-bond donors (Lipinski definition) is 1. The van der Waals surface area contributed by atoms with Crippen LogP contribution in [0.15, 0.2) is 36.9 Å². The van der Waals surface area contributed by atoms with Gasteiger partial charge in [-0.05, 0) is 18.2 Å². The van der Waals surface area contributed by atoms with Gasteiger partial charge in [-0.2, -0.15) is 15.3 Å².